The molecule has 0 aliphatic carbocycles. The quantitative estimate of drug-likeness (QED) is 0.147. The molecule has 1 saturated heterocycles. The van der Waals surface area contributed by atoms with Gasteiger partial charge in [0.2, 0.25) is 28.9 Å². The number of nitrogens with two attached hydrogens (primary N) is 1. The van der Waals surface area contributed by atoms with Crippen LogP contribution < -0.4 is 31.4 Å². The molecule has 2 bridgehead atoms. The monoisotopic (exact) mass is 673 g/mol. The van der Waals surface area contributed by atoms with Gasteiger partial charge in [-0.25, -0.2) is 9.97 Å². The van der Waals surface area contributed by atoms with Crippen molar-refractivity contribution in [2.24, 2.45) is 11.7 Å². The summed E-state index contributed by atoms with van der Waals surface area (Å²) in [5.74, 6) is -3.50. The Morgan fingerprint density at radius 3 is 2.89 bits per heavy atom. The van der Waals surface area contributed by atoms with E-state index in [1.54, 1.807) is 12.3 Å². The molecule has 1 fully saturated rings. The second-order valence-electron chi connectivity index (χ2n) is 9.64. The highest BCUT2D eigenvalue weighted by molar-refractivity contribution is 8.07. The number of aromatic nitrogens is 4. The number of furan rings is 1. The molecule has 44 heavy (non-hydrogen) atoms. The Labute approximate surface area is 250 Å². The highest BCUT2D eigenvalue weighted by Gasteiger charge is 2.50. The van der Waals surface area contributed by atoms with Gasteiger partial charge in [-0.1, -0.05) is 6.08 Å². The minimum Gasteiger partial charge on any atom is -0.500 e. The molecule has 3 aromatic heterocycles. The Bertz CT molecular complexity index is 1860. The first kappa shape index (κ1) is 29.1. The smallest absolute Gasteiger partial charge is 0.500 e. The SMILES string of the molecule is NC1NCNC2C1C=CN2c1oc2c(c1O)OP(O)(=S)O/C=C1/OC(c3nc4nc[nH]c(=O)c4[nH]3)=C(O[P+](O)(O)OC2)[C@@H]1O. The molecule has 4 aliphatic rings. The maximum atomic E-state index is 12.2. The maximum Gasteiger partial charge on any atom is 0.616 e. The molecule has 0 amide bonds. The Kier molecular flexibility index (Phi) is 6.95. The number of hydrogen-bond donors (Lipinski definition) is 10. The van der Waals surface area contributed by atoms with Crippen LogP contribution in [0, 0.1) is 5.92 Å². The average Bonchev–Trinajstić information content (AvgIpc) is 3.73. The predicted octanol–water partition coefficient (Wildman–Crippen LogP) is -0.922. The van der Waals surface area contributed by atoms with E-state index in [1.165, 1.54) is 4.90 Å². The maximum absolute atomic E-state index is 12.2. The molecule has 20 nitrogen and oxygen atoms in total. The molecule has 4 aliphatic heterocycles. The minimum absolute atomic E-state index is 0.0249. The van der Waals surface area contributed by atoms with Crippen molar-refractivity contribution in [2.75, 3.05) is 11.6 Å². The number of nitrogens with one attached hydrogen (secondary N) is 4. The van der Waals surface area contributed by atoms with Crippen molar-refractivity contribution in [1.29, 1.82) is 0 Å². The number of rotatable bonds is 2. The zero-order chi connectivity index (χ0) is 31.0. The normalized spacial score (nSPS) is 30.9. The van der Waals surface area contributed by atoms with Crippen molar-refractivity contribution in [3.63, 3.8) is 0 Å². The molecule has 3 aromatic rings. The number of H-pyrrole nitrogens is 2. The van der Waals surface area contributed by atoms with Crippen LogP contribution in [0.2, 0.25) is 0 Å². The third-order valence-corrected chi connectivity index (χ3v) is 9.05. The summed E-state index contributed by atoms with van der Waals surface area (Å²) in [6.07, 6.45) is 2.53. The van der Waals surface area contributed by atoms with Gasteiger partial charge in [-0.05, 0) is 0 Å². The lowest BCUT2D eigenvalue weighted by molar-refractivity contribution is 0.102. The molecule has 7 heterocycles. The Morgan fingerprint density at radius 1 is 1.27 bits per heavy atom. The summed E-state index contributed by atoms with van der Waals surface area (Å²) in [4.78, 5) is 59.1. The largest absolute Gasteiger partial charge is 0.616 e. The van der Waals surface area contributed by atoms with E-state index in [0.29, 0.717) is 6.67 Å². The Morgan fingerprint density at radius 2 is 2.09 bits per heavy atom. The Hall–Kier alpha value is -3.59. The first-order valence-electron chi connectivity index (χ1n) is 12.6. The van der Waals surface area contributed by atoms with Crippen LogP contribution in [0.25, 0.3) is 16.9 Å². The second kappa shape index (κ2) is 10.5. The highest BCUT2D eigenvalue weighted by Crippen LogP contribution is 2.60. The van der Waals surface area contributed by atoms with Crippen LogP contribution in [0.3, 0.4) is 0 Å². The van der Waals surface area contributed by atoms with Crippen LogP contribution in [-0.4, -0.2) is 69.9 Å². The van der Waals surface area contributed by atoms with E-state index in [-0.39, 0.29) is 34.6 Å². The van der Waals surface area contributed by atoms with Crippen molar-refractivity contribution in [2.45, 2.75) is 25.0 Å². The number of anilines is 1. The number of aromatic hydroxyl groups is 1. The fraction of sp³-hybridized carbons (Fsp3) is 0.286. The van der Waals surface area contributed by atoms with Gasteiger partial charge in [-0.2, -0.15) is 9.79 Å². The zero-order valence-corrected chi connectivity index (χ0v) is 24.5. The van der Waals surface area contributed by atoms with Crippen LogP contribution in [-0.2, 0) is 36.7 Å². The summed E-state index contributed by atoms with van der Waals surface area (Å²) in [5, 5.41) is 28.2. The van der Waals surface area contributed by atoms with E-state index in [4.69, 9.17) is 44.8 Å². The fourth-order valence-corrected chi connectivity index (χ4v) is 6.69. The van der Waals surface area contributed by atoms with E-state index < -0.39 is 74.3 Å². The van der Waals surface area contributed by atoms with Gasteiger partial charge in [0.25, 0.3) is 5.56 Å². The van der Waals surface area contributed by atoms with Crippen molar-refractivity contribution in [1.82, 2.24) is 30.6 Å². The molecule has 23 heteroatoms. The number of nitrogens with zero attached hydrogens (tertiary/aromatic N) is 3. The third kappa shape index (κ3) is 5.03. The van der Waals surface area contributed by atoms with Crippen molar-refractivity contribution < 1.29 is 52.1 Å². The van der Waals surface area contributed by atoms with Crippen LogP contribution in [0.15, 0.2) is 45.6 Å². The summed E-state index contributed by atoms with van der Waals surface area (Å²) in [6, 6.07) is 0. The molecule has 11 N–H and O–H groups in total. The number of imidazole rings is 1. The number of aliphatic hydroxyl groups excluding tert-OH is 1. The molecular weight excluding hydrogens is 650 g/mol. The molecule has 0 radical (unpaired) electrons. The molecular formula is C21H23N8O12P2S+. The van der Waals surface area contributed by atoms with Crippen LogP contribution in [0.4, 0.5) is 5.88 Å². The standard InChI is InChI=1S/C21H22N8O12P2S/c22-16-7-1-2-29(19(7)25-5-23-16)21-12(31)13-9(39-21)4-36-42(33,34)40-14-11(30)8(3-37-43(35,44)41-13)38-15(14)18-27-10-17(28-18)24-6-26-20(10)32/h1-3,6-7,11,16,19,23,25,30,33-34H,4-5,22H2,(H3-,24,26,27,28,31,32,35,44)/p+1/b8-3+/t7?,11-,16?,19?,43?/m1/s1. The van der Waals surface area contributed by atoms with Crippen molar-refractivity contribution >= 4 is 49.5 Å². The van der Waals surface area contributed by atoms with E-state index in [1.807, 2.05) is 0 Å². The topological polar surface area (TPSA) is 288 Å². The van der Waals surface area contributed by atoms with Crippen LogP contribution in [0.1, 0.15) is 11.6 Å². The summed E-state index contributed by atoms with van der Waals surface area (Å²) >= 11 is 5.11. The number of aliphatic hydroxyl groups is 1. The molecule has 0 aromatic carbocycles. The zero-order valence-electron chi connectivity index (χ0n) is 21.8. The van der Waals surface area contributed by atoms with Gasteiger partial charge in [-0.3, -0.25) is 24.9 Å². The second-order valence-corrected chi connectivity index (χ2v) is 13.8. The first-order chi connectivity index (χ1) is 20.9. The van der Waals surface area contributed by atoms with Gasteiger partial charge in [0.1, 0.15) is 6.26 Å². The lowest BCUT2D eigenvalue weighted by Gasteiger charge is -2.36. The molecule has 7 rings (SSSR count). The van der Waals surface area contributed by atoms with Crippen molar-refractivity contribution in [3.05, 3.63) is 58.3 Å². The molecule has 5 atom stereocenters. The van der Waals surface area contributed by atoms with E-state index in [2.05, 4.69) is 30.6 Å². The Balaban J connectivity index is 1.26. The van der Waals surface area contributed by atoms with E-state index in [0.717, 1.165) is 12.6 Å². The highest BCUT2D eigenvalue weighted by atomic mass is 32.5. The van der Waals surface area contributed by atoms with Gasteiger partial charge < -0.3 is 49.0 Å². The van der Waals surface area contributed by atoms with Crippen molar-refractivity contribution in [3.8, 4) is 11.5 Å². The fourth-order valence-electron chi connectivity index (χ4n) is 4.86. The minimum atomic E-state index is -4.87. The summed E-state index contributed by atoms with van der Waals surface area (Å²) < 4.78 is 32.7. The molecule has 0 saturated carbocycles. The van der Waals surface area contributed by atoms with Gasteiger partial charge in [-0.15, -0.1) is 4.52 Å². The summed E-state index contributed by atoms with van der Waals surface area (Å²) in [5.41, 5.74) is 5.49. The molecule has 4 unspecified atom stereocenters. The predicted molar refractivity (Wildman–Crippen MR) is 150 cm³/mol. The summed E-state index contributed by atoms with van der Waals surface area (Å²) in [7, 11) is -4.87. The number of ether oxygens (including phenoxy) is 1. The lowest BCUT2D eigenvalue weighted by atomic mass is 10.0. The molecule has 234 valence electrons. The third-order valence-electron chi connectivity index (χ3n) is 6.88. The van der Waals surface area contributed by atoms with Gasteiger partial charge >= 0.3 is 14.9 Å². The van der Waals surface area contributed by atoms with Gasteiger partial charge in [0.15, 0.2) is 41.2 Å². The van der Waals surface area contributed by atoms with Gasteiger partial charge in [0, 0.05) is 30.6 Å². The number of aromatic amines is 2. The van der Waals surface area contributed by atoms with Crippen LogP contribution in [0.5, 0.6) is 11.5 Å². The van der Waals surface area contributed by atoms with E-state index >= 15 is 0 Å². The van der Waals surface area contributed by atoms with Crippen LogP contribution >= 0.6 is 14.9 Å². The lowest BCUT2D eigenvalue weighted by Crippen LogP contribution is -2.62. The van der Waals surface area contributed by atoms with Gasteiger partial charge in [0.05, 0.1) is 18.7 Å². The average molecular weight is 673 g/mol. The van der Waals surface area contributed by atoms with E-state index in [9.17, 15) is 29.7 Å². The summed E-state index contributed by atoms with van der Waals surface area (Å²) in [6.45, 7) is -4.78. The number of hydrogen-bond acceptors (Lipinski definition) is 18. The molecule has 0 spiro atoms. The number of fused-ring (bicyclic) bond motifs is 5. The first-order valence-corrected chi connectivity index (χ1v) is 16.7.